The number of aryl methyl sites for hydroxylation is 1. The average molecular weight is 350 g/mol. The lowest BCUT2D eigenvalue weighted by molar-refractivity contribution is 0.0305. The number of benzene rings is 1. The molecule has 1 aliphatic heterocycles. The molecule has 2 rings (SSSR count). The highest BCUT2D eigenvalue weighted by atomic mass is 16.5. The Morgan fingerprint density at radius 2 is 1.80 bits per heavy atom. The van der Waals surface area contributed by atoms with E-state index in [9.17, 15) is 9.90 Å². The summed E-state index contributed by atoms with van der Waals surface area (Å²) in [5.74, 6) is 0.821. The van der Waals surface area contributed by atoms with Crippen molar-refractivity contribution in [2.75, 3.05) is 14.2 Å². The molecule has 0 aliphatic carbocycles. The molecule has 1 N–H and O–H groups in total. The van der Waals surface area contributed by atoms with Crippen LogP contribution in [0.15, 0.2) is 12.1 Å². The van der Waals surface area contributed by atoms with E-state index in [0.717, 1.165) is 56.9 Å². The molecule has 1 aromatic carbocycles. The maximum atomic E-state index is 12.7. The molecular formula is C20H30O5. The number of esters is 1. The first-order valence-corrected chi connectivity index (χ1v) is 9.19. The molecular weight excluding hydrogens is 320 g/mol. The van der Waals surface area contributed by atoms with E-state index in [-0.39, 0.29) is 18.2 Å². The number of aliphatic hydroxyl groups excluding tert-OH is 1. The average Bonchev–Trinajstić information content (AvgIpc) is 2.59. The Balaban J connectivity index is 2.29. The third-order valence-electron chi connectivity index (χ3n) is 4.76. The highest BCUT2D eigenvalue weighted by Gasteiger charge is 2.22. The molecule has 0 saturated carbocycles. The first kappa shape index (κ1) is 19.6. The van der Waals surface area contributed by atoms with E-state index in [1.54, 1.807) is 20.3 Å². The third kappa shape index (κ3) is 5.63. The Morgan fingerprint density at radius 3 is 2.52 bits per heavy atom. The van der Waals surface area contributed by atoms with E-state index in [4.69, 9.17) is 14.2 Å². The highest BCUT2D eigenvalue weighted by Crippen LogP contribution is 2.31. The SMILES string of the molecule is COc1cc2c(c(OC)c1)C(=O)O[C@@H](C)CCCC(O)CCCCC2. The molecule has 0 radical (unpaired) electrons. The highest BCUT2D eigenvalue weighted by molar-refractivity contribution is 5.94. The van der Waals surface area contributed by atoms with Crippen LogP contribution in [0.25, 0.3) is 0 Å². The smallest absolute Gasteiger partial charge is 0.342 e. The fourth-order valence-corrected chi connectivity index (χ4v) is 3.31. The van der Waals surface area contributed by atoms with Crippen LogP contribution in [0.4, 0.5) is 0 Å². The van der Waals surface area contributed by atoms with Gasteiger partial charge in [-0.15, -0.1) is 0 Å². The number of rotatable bonds is 2. The number of aliphatic hydroxyl groups is 1. The van der Waals surface area contributed by atoms with Gasteiger partial charge >= 0.3 is 5.97 Å². The van der Waals surface area contributed by atoms with Crippen LogP contribution in [0.3, 0.4) is 0 Å². The topological polar surface area (TPSA) is 65.0 Å². The molecule has 0 amide bonds. The van der Waals surface area contributed by atoms with Crippen LogP contribution in [-0.2, 0) is 11.2 Å². The summed E-state index contributed by atoms with van der Waals surface area (Å²) < 4.78 is 16.4. The van der Waals surface area contributed by atoms with Crippen molar-refractivity contribution in [2.24, 2.45) is 0 Å². The Morgan fingerprint density at radius 1 is 1.04 bits per heavy atom. The molecule has 0 saturated heterocycles. The van der Waals surface area contributed by atoms with Gasteiger partial charge in [0.05, 0.1) is 26.4 Å². The summed E-state index contributed by atoms with van der Waals surface area (Å²) in [4.78, 5) is 12.7. The number of ether oxygens (including phenoxy) is 3. The van der Waals surface area contributed by atoms with E-state index in [0.29, 0.717) is 17.1 Å². The number of carbonyl (C=O) groups is 1. The van der Waals surface area contributed by atoms with Crippen molar-refractivity contribution in [3.63, 3.8) is 0 Å². The molecule has 1 aromatic rings. The van der Waals surface area contributed by atoms with Gasteiger partial charge in [-0.3, -0.25) is 0 Å². The molecule has 1 heterocycles. The van der Waals surface area contributed by atoms with Crippen molar-refractivity contribution >= 4 is 5.97 Å². The minimum Gasteiger partial charge on any atom is -0.497 e. The van der Waals surface area contributed by atoms with Crippen LogP contribution in [-0.4, -0.2) is 37.5 Å². The summed E-state index contributed by atoms with van der Waals surface area (Å²) >= 11 is 0. The molecule has 5 nitrogen and oxygen atoms in total. The zero-order valence-corrected chi connectivity index (χ0v) is 15.5. The van der Waals surface area contributed by atoms with Gasteiger partial charge in [0.25, 0.3) is 0 Å². The third-order valence-corrected chi connectivity index (χ3v) is 4.76. The van der Waals surface area contributed by atoms with Gasteiger partial charge in [-0.2, -0.15) is 0 Å². The Labute approximate surface area is 150 Å². The van der Waals surface area contributed by atoms with Gasteiger partial charge < -0.3 is 19.3 Å². The summed E-state index contributed by atoms with van der Waals surface area (Å²) in [7, 11) is 3.16. The lowest BCUT2D eigenvalue weighted by Crippen LogP contribution is -2.18. The summed E-state index contributed by atoms with van der Waals surface area (Å²) in [6.45, 7) is 1.89. The van der Waals surface area contributed by atoms with Crippen LogP contribution in [0.1, 0.15) is 67.8 Å². The molecule has 1 aliphatic rings. The minimum atomic E-state index is -0.348. The van der Waals surface area contributed by atoms with E-state index < -0.39 is 0 Å². The van der Waals surface area contributed by atoms with Crippen LogP contribution in [0, 0.1) is 0 Å². The van der Waals surface area contributed by atoms with Gasteiger partial charge in [0.2, 0.25) is 0 Å². The number of hydrogen-bond acceptors (Lipinski definition) is 5. The van der Waals surface area contributed by atoms with Crippen LogP contribution < -0.4 is 9.47 Å². The molecule has 0 bridgehead atoms. The van der Waals surface area contributed by atoms with Crippen molar-refractivity contribution in [3.05, 3.63) is 23.3 Å². The fourth-order valence-electron chi connectivity index (χ4n) is 3.31. The number of methoxy groups -OCH3 is 2. The lowest BCUT2D eigenvalue weighted by atomic mass is 9.97. The first-order chi connectivity index (χ1) is 12.0. The van der Waals surface area contributed by atoms with Crippen molar-refractivity contribution in [2.45, 2.75) is 70.5 Å². The van der Waals surface area contributed by atoms with E-state index in [1.807, 2.05) is 13.0 Å². The molecule has 0 aromatic heterocycles. The molecule has 140 valence electrons. The molecule has 0 fully saturated rings. The largest absolute Gasteiger partial charge is 0.497 e. The van der Waals surface area contributed by atoms with Gasteiger partial charge in [-0.1, -0.05) is 12.8 Å². The number of fused-ring (bicyclic) bond motifs is 1. The standard InChI is InChI=1S/C20H30O5/c1-14-8-7-11-16(21)10-6-4-5-9-15-12-17(23-2)13-18(24-3)19(15)20(22)25-14/h12-14,16,21H,4-11H2,1-3H3/t14-,16?/m0/s1. The summed E-state index contributed by atoms with van der Waals surface area (Å²) in [5.41, 5.74) is 1.40. The molecule has 1 unspecified atom stereocenters. The van der Waals surface area contributed by atoms with Crippen molar-refractivity contribution < 1.29 is 24.1 Å². The minimum absolute atomic E-state index is 0.192. The van der Waals surface area contributed by atoms with E-state index in [1.165, 1.54) is 0 Å². The van der Waals surface area contributed by atoms with Gasteiger partial charge in [-0.25, -0.2) is 4.79 Å². The van der Waals surface area contributed by atoms with Crippen molar-refractivity contribution in [1.82, 2.24) is 0 Å². The second-order valence-electron chi connectivity index (χ2n) is 6.76. The predicted octanol–water partition coefficient (Wildman–Crippen LogP) is 3.90. The summed E-state index contributed by atoms with van der Waals surface area (Å²) in [6.07, 6.45) is 6.46. The second kappa shape index (κ2) is 9.66. The van der Waals surface area contributed by atoms with Crippen molar-refractivity contribution in [3.8, 4) is 11.5 Å². The number of carbonyl (C=O) groups excluding carboxylic acids is 1. The number of cyclic esters (lactones) is 1. The lowest BCUT2D eigenvalue weighted by Gasteiger charge is -2.19. The maximum Gasteiger partial charge on any atom is 0.342 e. The quantitative estimate of drug-likeness (QED) is 0.820. The van der Waals surface area contributed by atoms with Crippen LogP contribution in [0.5, 0.6) is 11.5 Å². The molecule has 25 heavy (non-hydrogen) atoms. The monoisotopic (exact) mass is 350 g/mol. The Kier molecular flexibility index (Phi) is 7.56. The Bertz CT molecular complexity index is 569. The Hall–Kier alpha value is -1.75. The van der Waals surface area contributed by atoms with Crippen LogP contribution >= 0.6 is 0 Å². The predicted molar refractivity (Wildman–Crippen MR) is 96.5 cm³/mol. The molecule has 2 atom stereocenters. The first-order valence-electron chi connectivity index (χ1n) is 9.19. The summed E-state index contributed by atoms with van der Waals surface area (Å²) in [5, 5.41) is 10.0. The zero-order valence-electron chi connectivity index (χ0n) is 15.5. The second-order valence-corrected chi connectivity index (χ2v) is 6.76. The van der Waals surface area contributed by atoms with E-state index in [2.05, 4.69) is 0 Å². The van der Waals surface area contributed by atoms with Gasteiger partial charge in [0.15, 0.2) is 0 Å². The maximum absolute atomic E-state index is 12.7. The fraction of sp³-hybridized carbons (Fsp3) is 0.650. The van der Waals surface area contributed by atoms with Gasteiger partial charge in [-0.05, 0) is 57.1 Å². The van der Waals surface area contributed by atoms with Gasteiger partial charge in [0, 0.05) is 6.07 Å². The normalized spacial score (nSPS) is 23.1. The molecule has 0 spiro atoms. The summed E-state index contributed by atoms with van der Waals surface area (Å²) in [6, 6.07) is 3.62. The van der Waals surface area contributed by atoms with E-state index >= 15 is 0 Å². The van der Waals surface area contributed by atoms with Crippen LogP contribution in [0.2, 0.25) is 0 Å². The number of hydrogen-bond donors (Lipinski definition) is 1. The zero-order chi connectivity index (χ0) is 18.2. The van der Waals surface area contributed by atoms with Gasteiger partial charge in [0.1, 0.15) is 17.1 Å². The van der Waals surface area contributed by atoms with Crippen molar-refractivity contribution in [1.29, 1.82) is 0 Å². The molecule has 5 heteroatoms.